The summed E-state index contributed by atoms with van der Waals surface area (Å²) in [6.07, 6.45) is 0. The molecule has 124 valence electrons. The monoisotopic (exact) mass is 361 g/mol. The summed E-state index contributed by atoms with van der Waals surface area (Å²) in [5.74, 6) is -1.13. The Balaban J connectivity index is 1.98. The van der Waals surface area contributed by atoms with Gasteiger partial charge in [-0.15, -0.1) is 0 Å². The highest BCUT2D eigenvalue weighted by atomic mass is 35.5. The van der Waals surface area contributed by atoms with E-state index < -0.39 is 11.5 Å². The minimum atomic E-state index is -0.826. The lowest BCUT2D eigenvalue weighted by Gasteiger charge is -2.15. The van der Waals surface area contributed by atoms with E-state index in [1.807, 2.05) is 31.2 Å². The van der Waals surface area contributed by atoms with Crippen molar-refractivity contribution in [3.8, 4) is 11.1 Å². The lowest BCUT2D eigenvalue weighted by Crippen LogP contribution is -2.39. The second-order valence-electron chi connectivity index (χ2n) is 6.64. The molecule has 1 saturated heterocycles. The summed E-state index contributed by atoms with van der Waals surface area (Å²) < 4.78 is 0. The number of nitrogens with one attached hydrogen (secondary N) is 1. The Kier molecular flexibility index (Phi) is 4.18. The molecule has 1 atom stereocenters. The van der Waals surface area contributed by atoms with Crippen molar-refractivity contribution in [1.29, 1.82) is 0 Å². The van der Waals surface area contributed by atoms with E-state index in [4.69, 9.17) is 23.2 Å². The van der Waals surface area contributed by atoms with Crippen LogP contribution in [0.4, 0.5) is 0 Å². The molecule has 0 radical (unpaired) electrons. The third kappa shape index (κ3) is 2.83. The predicted octanol–water partition coefficient (Wildman–Crippen LogP) is 4.53. The molecule has 1 aliphatic heterocycles. The summed E-state index contributed by atoms with van der Waals surface area (Å²) in [6.45, 7) is 5.38. The molecule has 5 heteroatoms. The Morgan fingerprint density at radius 1 is 1.04 bits per heavy atom. The zero-order chi connectivity index (χ0) is 17.6. The van der Waals surface area contributed by atoms with E-state index in [9.17, 15) is 9.59 Å². The number of ketones is 1. The van der Waals surface area contributed by atoms with Crippen LogP contribution >= 0.6 is 23.2 Å². The van der Waals surface area contributed by atoms with Gasteiger partial charge < -0.3 is 5.32 Å². The first-order chi connectivity index (χ1) is 11.2. The molecule has 1 unspecified atom stereocenters. The van der Waals surface area contributed by atoms with Crippen molar-refractivity contribution in [2.24, 2.45) is 0 Å². The fourth-order valence-corrected chi connectivity index (χ4v) is 3.51. The van der Waals surface area contributed by atoms with Gasteiger partial charge in [0.05, 0.1) is 15.6 Å². The molecule has 2 aromatic carbocycles. The Morgan fingerprint density at radius 3 is 2.21 bits per heavy atom. The van der Waals surface area contributed by atoms with Gasteiger partial charge in [-0.25, -0.2) is 0 Å². The van der Waals surface area contributed by atoms with E-state index >= 15 is 0 Å². The van der Waals surface area contributed by atoms with Crippen LogP contribution in [0.2, 0.25) is 10.0 Å². The van der Waals surface area contributed by atoms with Crippen molar-refractivity contribution in [3.05, 3.63) is 57.6 Å². The van der Waals surface area contributed by atoms with E-state index in [2.05, 4.69) is 5.32 Å². The van der Waals surface area contributed by atoms with E-state index in [0.717, 1.165) is 16.7 Å². The topological polar surface area (TPSA) is 46.2 Å². The summed E-state index contributed by atoms with van der Waals surface area (Å²) in [4.78, 5) is 24.5. The van der Waals surface area contributed by atoms with E-state index in [1.165, 1.54) is 0 Å². The SMILES string of the molecule is Cc1cc(Cl)c(Cl)c(-c2ccc(C3C(=O)NC(C)(C)C3=O)cc2)c1. The van der Waals surface area contributed by atoms with Gasteiger partial charge in [-0.3, -0.25) is 9.59 Å². The average molecular weight is 362 g/mol. The molecule has 1 fully saturated rings. The molecule has 0 aromatic heterocycles. The van der Waals surface area contributed by atoms with E-state index in [0.29, 0.717) is 15.6 Å². The van der Waals surface area contributed by atoms with Crippen LogP contribution in [-0.4, -0.2) is 17.2 Å². The first-order valence-corrected chi connectivity index (χ1v) is 8.38. The Labute approximate surface area is 151 Å². The molecular formula is C19H17Cl2NO2. The minimum Gasteiger partial charge on any atom is -0.343 e. The highest BCUT2D eigenvalue weighted by Gasteiger charge is 2.46. The summed E-state index contributed by atoms with van der Waals surface area (Å²) >= 11 is 12.4. The third-order valence-electron chi connectivity index (χ3n) is 4.30. The summed E-state index contributed by atoms with van der Waals surface area (Å²) in [7, 11) is 0. The summed E-state index contributed by atoms with van der Waals surface area (Å²) in [5.41, 5.74) is 2.58. The smallest absolute Gasteiger partial charge is 0.235 e. The van der Waals surface area contributed by atoms with Crippen LogP contribution in [-0.2, 0) is 9.59 Å². The second kappa shape index (κ2) is 5.91. The quantitative estimate of drug-likeness (QED) is 0.798. The number of amides is 1. The average Bonchev–Trinajstić information content (AvgIpc) is 2.71. The summed E-state index contributed by atoms with van der Waals surface area (Å²) in [5, 5.41) is 3.73. The van der Waals surface area contributed by atoms with Crippen LogP contribution in [0.1, 0.15) is 30.9 Å². The number of halogens is 2. The molecule has 1 amide bonds. The molecule has 1 N–H and O–H groups in total. The van der Waals surface area contributed by atoms with E-state index in [1.54, 1.807) is 26.0 Å². The highest BCUT2D eigenvalue weighted by molar-refractivity contribution is 6.43. The standard InChI is InChI=1S/C19H17Cl2NO2/c1-10-8-13(16(21)14(20)9-10)11-4-6-12(7-5-11)15-17(23)19(2,3)22-18(15)24/h4-9,15H,1-3H3,(H,22,24). The first kappa shape index (κ1) is 17.0. The largest absolute Gasteiger partial charge is 0.343 e. The summed E-state index contributed by atoms with van der Waals surface area (Å²) in [6, 6.07) is 11.1. The van der Waals surface area contributed by atoms with Crippen molar-refractivity contribution in [2.45, 2.75) is 32.2 Å². The second-order valence-corrected chi connectivity index (χ2v) is 7.43. The fraction of sp³-hybridized carbons (Fsp3) is 0.263. The Hall–Kier alpha value is -1.84. The lowest BCUT2D eigenvalue weighted by atomic mass is 9.88. The van der Waals surface area contributed by atoms with Crippen LogP contribution in [0.3, 0.4) is 0 Å². The zero-order valence-corrected chi connectivity index (χ0v) is 15.1. The van der Waals surface area contributed by atoms with Crippen molar-refractivity contribution in [2.75, 3.05) is 0 Å². The zero-order valence-electron chi connectivity index (χ0n) is 13.6. The molecule has 0 bridgehead atoms. The fourth-order valence-electron chi connectivity index (χ4n) is 3.01. The van der Waals surface area contributed by atoms with Crippen LogP contribution < -0.4 is 5.32 Å². The molecule has 0 aliphatic carbocycles. The van der Waals surface area contributed by atoms with Crippen molar-refractivity contribution < 1.29 is 9.59 Å². The van der Waals surface area contributed by atoms with Crippen molar-refractivity contribution in [1.82, 2.24) is 5.32 Å². The number of Topliss-reactive ketones (excluding diaryl/α,β-unsaturated/α-hetero) is 1. The molecule has 1 heterocycles. The van der Waals surface area contributed by atoms with Gasteiger partial charge in [0.1, 0.15) is 5.92 Å². The number of benzene rings is 2. The molecule has 1 aliphatic rings. The minimum absolute atomic E-state index is 0.114. The molecular weight excluding hydrogens is 345 g/mol. The maximum Gasteiger partial charge on any atom is 0.235 e. The third-order valence-corrected chi connectivity index (χ3v) is 5.11. The van der Waals surface area contributed by atoms with Gasteiger partial charge in [0, 0.05) is 5.56 Å². The molecule has 24 heavy (non-hydrogen) atoms. The molecule has 3 rings (SSSR count). The molecule has 0 spiro atoms. The van der Waals surface area contributed by atoms with Crippen LogP contribution in [0, 0.1) is 6.92 Å². The van der Waals surface area contributed by atoms with Crippen LogP contribution in [0.15, 0.2) is 36.4 Å². The maximum atomic E-state index is 12.4. The number of aryl methyl sites for hydroxylation is 1. The number of carbonyl (C=O) groups is 2. The van der Waals surface area contributed by atoms with Crippen molar-refractivity contribution in [3.63, 3.8) is 0 Å². The molecule has 0 saturated carbocycles. The van der Waals surface area contributed by atoms with Gasteiger partial charge >= 0.3 is 0 Å². The number of hydrogen-bond acceptors (Lipinski definition) is 2. The van der Waals surface area contributed by atoms with E-state index in [-0.39, 0.29) is 11.7 Å². The van der Waals surface area contributed by atoms with Crippen LogP contribution in [0.5, 0.6) is 0 Å². The number of rotatable bonds is 2. The van der Waals surface area contributed by atoms with Crippen molar-refractivity contribution >= 4 is 34.9 Å². The Morgan fingerprint density at radius 2 is 1.67 bits per heavy atom. The normalized spacial score (nSPS) is 19.5. The lowest BCUT2D eigenvalue weighted by molar-refractivity contribution is -0.125. The number of carbonyl (C=O) groups excluding carboxylic acids is 2. The van der Waals surface area contributed by atoms with Gasteiger partial charge in [0.2, 0.25) is 5.91 Å². The van der Waals surface area contributed by atoms with Gasteiger partial charge in [0.25, 0.3) is 0 Å². The van der Waals surface area contributed by atoms with Gasteiger partial charge in [-0.05, 0) is 49.6 Å². The van der Waals surface area contributed by atoms with Gasteiger partial charge in [-0.1, -0.05) is 47.5 Å². The first-order valence-electron chi connectivity index (χ1n) is 7.63. The molecule has 2 aromatic rings. The van der Waals surface area contributed by atoms with Gasteiger partial charge in [0.15, 0.2) is 5.78 Å². The van der Waals surface area contributed by atoms with Crippen LogP contribution in [0.25, 0.3) is 11.1 Å². The predicted molar refractivity (Wildman–Crippen MR) is 96.6 cm³/mol. The Bertz CT molecular complexity index is 841. The highest BCUT2D eigenvalue weighted by Crippen LogP contribution is 2.36. The van der Waals surface area contributed by atoms with Gasteiger partial charge in [-0.2, -0.15) is 0 Å². The molecule has 3 nitrogen and oxygen atoms in total. The number of hydrogen-bond donors (Lipinski definition) is 1. The maximum absolute atomic E-state index is 12.4.